The first-order valence-electron chi connectivity index (χ1n) is 6.40. The van der Waals surface area contributed by atoms with E-state index in [-0.39, 0.29) is 11.0 Å². The summed E-state index contributed by atoms with van der Waals surface area (Å²) in [6.07, 6.45) is 5.35. The van der Waals surface area contributed by atoms with Crippen LogP contribution in [0.1, 0.15) is 40.0 Å². The van der Waals surface area contributed by atoms with E-state index in [9.17, 15) is 9.59 Å². The van der Waals surface area contributed by atoms with Gasteiger partial charge in [0.15, 0.2) is 0 Å². The molecule has 0 aliphatic carbocycles. The molecule has 0 unspecified atom stereocenters. The van der Waals surface area contributed by atoms with Crippen LogP contribution >= 0.6 is 0 Å². The average Bonchev–Trinajstić information content (AvgIpc) is 2.26. The van der Waals surface area contributed by atoms with Gasteiger partial charge in [-0.05, 0) is 17.9 Å². The summed E-state index contributed by atoms with van der Waals surface area (Å²) in [7, 11) is -0.497. The average molecular weight is 270 g/mol. The maximum atomic E-state index is 12.2. The number of unbranched alkanes of at least 4 members (excludes halogenated alkanes) is 1. The molecule has 0 aromatic heterocycles. The van der Waals surface area contributed by atoms with Crippen LogP contribution in [0.2, 0.25) is 18.1 Å². The van der Waals surface area contributed by atoms with Crippen molar-refractivity contribution < 1.29 is 14.3 Å². The molecule has 0 aliphatic heterocycles. The summed E-state index contributed by atoms with van der Waals surface area (Å²) < 4.78 is 4.49. The second kappa shape index (κ2) is 6.88. The van der Waals surface area contributed by atoms with E-state index in [2.05, 4.69) is 38.6 Å². The summed E-state index contributed by atoms with van der Waals surface area (Å²) in [4.78, 5) is 23.0. The zero-order valence-corrected chi connectivity index (χ0v) is 13.5. The first-order valence-corrected chi connectivity index (χ1v) is 9.40. The van der Waals surface area contributed by atoms with Crippen molar-refractivity contribution >= 4 is 19.4 Å². The summed E-state index contributed by atoms with van der Waals surface area (Å²) in [6.45, 7) is 10.7. The van der Waals surface area contributed by atoms with E-state index >= 15 is 0 Å². The number of carbonyl (C=O) groups excluding carboxylic acids is 2. The van der Waals surface area contributed by atoms with Gasteiger partial charge in [0.2, 0.25) is 0 Å². The van der Waals surface area contributed by atoms with E-state index in [1.807, 2.05) is 0 Å². The minimum atomic E-state index is -1.85. The van der Waals surface area contributed by atoms with Crippen LogP contribution in [0.3, 0.4) is 0 Å². The minimum absolute atomic E-state index is 0.103. The quantitative estimate of drug-likeness (QED) is 0.321. The van der Waals surface area contributed by atoms with Crippen LogP contribution in [0.15, 0.2) is 12.2 Å². The van der Waals surface area contributed by atoms with E-state index in [1.54, 1.807) is 6.08 Å². The Morgan fingerprint density at radius 3 is 2.22 bits per heavy atom. The fraction of sp³-hybridized carbons (Fsp3) is 0.714. The van der Waals surface area contributed by atoms with E-state index in [4.69, 9.17) is 0 Å². The normalized spacial score (nSPS) is 12.8. The molecule has 0 bridgehead atoms. The number of ether oxygens (including phenoxy) is 1. The topological polar surface area (TPSA) is 43.4 Å². The molecule has 18 heavy (non-hydrogen) atoms. The standard InChI is InChI=1S/C14H26O3Si/c1-14(2,3)18(5,6)13(16)11-9-7-8-10-12(15)17-4/h8,10H,7,9,11H2,1-6H3/b10-8+. The smallest absolute Gasteiger partial charge is 0.330 e. The van der Waals surface area contributed by atoms with Gasteiger partial charge in [0.25, 0.3) is 0 Å². The number of methoxy groups -OCH3 is 1. The van der Waals surface area contributed by atoms with Crippen molar-refractivity contribution in [3.63, 3.8) is 0 Å². The third kappa shape index (κ3) is 5.17. The summed E-state index contributed by atoms with van der Waals surface area (Å²) in [5.41, 5.74) is 0. The Morgan fingerprint density at radius 1 is 1.22 bits per heavy atom. The van der Waals surface area contributed by atoms with Crippen molar-refractivity contribution in [3.05, 3.63) is 12.2 Å². The lowest BCUT2D eigenvalue weighted by atomic mass is 10.2. The highest BCUT2D eigenvalue weighted by Gasteiger charge is 2.41. The summed E-state index contributed by atoms with van der Waals surface area (Å²) >= 11 is 0. The second-order valence-corrected chi connectivity index (χ2v) is 11.4. The molecule has 0 heterocycles. The second-order valence-electron chi connectivity index (χ2n) is 6.12. The van der Waals surface area contributed by atoms with Crippen LogP contribution < -0.4 is 0 Å². The molecule has 3 nitrogen and oxygen atoms in total. The van der Waals surface area contributed by atoms with Crippen LogP contribution in [0.4, 0.5) is 0 Å². The molecule has 104 valence electrons. The van der Waals surface area contributed by atoms with Gasteiger partial charge in [-0.15, -0.1) is 0 Å². The highest BCUT2D eigenvalue weighted by molar-refractivity contribution is 7.06. The van der Waals surface area contributed by atoms with Gasteiger partial charge >= 0.3 is 5.97 Å². The fourth-order valence-electron chi connectivity index (χ4n) is 1.36. The van der Waals surface area contributed by atoms with Gasteiger partial charge in [-0.1, -0.05) is 39.9 Å². The van der Waals surface area contributed by atoms with E-state index in [0.717, 1.165) is 12.8 Å². The molecular weight excluding hydrogens is 244 g/mol. The number of rotatable bonds is 6. The lowest BCUT2D eigenvalue weighted by molar-refractivity contribution is -0.134. The van der Waals surface area contributed by atoms with Gasteiger partial charge in [-0.25, -0.2) is 4.79 Å². The molecule has 0 N–H and O–H groups in total. The Kier molecular flexibility index (Phi) is 6.53. The molecule has 0 aromatic carbocycles. The zero-order valence-electron chi connectivity index (χ0n) is 12.5. The molecule has 0 amide bonds. The number of hydrogen-bond donors (Lipinski definition) is 0. The van der Waals surface area contributed by atoms with E-state index in [0.29, 0.717) is 11.8 Å². The van der Waals surface area contributed by atoms with E-state index in [1.165, 1.54) is 13.2 Å². The Hall–Kier alpha value is -0.903. The molecule has 4 heteroatoms. The highest BCUT2D eigenvalue weighted by Crippen LogP contribution is 2.37. The molecule has 0 spiro atoms. The Bertz CT molecular complexity index is 324. The molecule has 0 radical (unpaired) electrons. The Balaban J connectivity index is 4.13. The molecule has 0 atom stereocenters. The van der Waals surface area contributed by atoms with Crippen molar-refractivity contribution in [1.29, 1.82) is 0 Å². The monoisotopic (exact) mass is 270 g/mol. The molecule has 0 saturated heterocycles. The third-order valence-corrected chi connectivity index (χ3v) is 9.20. The SMILES string of the molecule is COC(=O)/C=C/CCCC(=O)[Si](C)(C)C(C)(C)C. The number of esters is 1. The van der Waals surface area contributed by atoms with Crippen molar-refractivity contribution in [3.8, 4) is 0 Å². The van der Waals surface area contributed by atoms with Crippen molar-refractivity contribution in [2.75, 3.05) is 7.11 Å². The molecule has 0 aliphatic rings. The van der Waals surface area contributed by atoms with Crippen LogP contribution in [0.25, 0.3) is 0 Å². The van der Waals surface area contributed by atoms with E-state index < -0.39 is 8.07 Å². The van der Waals surface area contributed by atoms with Gasteiger partial charge in [0, 0.05) is 12.5 Å². The number of hydrogen-bond acceptors (Lipinski definition) is 3. The summed E-state index contributed by atoms with van der Waals surface area (Å²) in [5, 5.41) is 0.521. The van der Waals surface area contributed by atoms with Gasteiger partial charge in [-0.2, -0.15) is 0 Å². The lowest BCUT2D eigenvalue weighted by Gasteiger charge is -2.35. The highest BCUT2D eigenvalue weighted by atomic mass is 28.3. The van der Waals surface area contributed by atoms with Crippen molar-refractivity contribution in [2.45, 2.75) is 58.2 Å². The summed E-state index contributed by atoms with van der Waals surface area (Å²) in [6, 6.07) is 0. The van der Waals surface area contributed by atoms with Gasteiger partial charge in [0.1, 0.15) is 13.5 Å². The maximum Gasteiger partial charge on any atom is 0.330 e. The number of allylic oxidation sites excluding steroid dienone is 1. The van der Waals surface area contributed by atoms with Crippen molar-refractivity contribution in [1.82, 2.24) is 0 Å². The molecule has 0 saturated carbocycles. The predicted octanol–water partition coefficient (Wildman–Crippen LogP) is 3.50. The van der Waals surface area contributed by atoms with Gasteiger partial charge in [0.05, 0.1) is 7.11 Å². The van der Waals surface area contributed by atoms with Crippen LogP contribution in [-0.2, 0) is 14.3 Å². The Labute approximate surface area is 112 Å². The molecule has 0 fully saturated rings. The molecule has 0 aromatic rings. The zero-order chi connectivity index (χ0) is 14.4. The minimum Gasteiger partial charge on any atom is -0.466 e. The Morgan fingerprint density at radius 2 is 1.78 bits per heavy atom. The summed E-state index contributed by atoms with van der Waals surface area (Å²) in [5.74, 6) is -0.342. The first-order chi connectivity index (χ1) is 8.13. The third-order valence-electron chi connectivity index (χ3n) is 3.80. The number of carbonyl (C=O) groups is 2. The van der Waals surface area contributed by atoms with Crippen molar-refractivity contribution in [2.24, 2.45) is 0 Å². The fourth-order valence-corrected chi connectivity index (χ4v) is 3.00. The first kappa shape index (κ1) is 17.1. The van der Waals surface area contributed by atoms with Gasteiger partial charge in [-0.3, -0.25) is 0 Å². The maximum absolute atomic E-state index is 12.2. The molecular formula is C14H26O3Si. The van der Waals surface area contributed by atoms with Crippen LogP contribution in [0, 0.1) is 0 Å². The van der Waals surface area contributed by atoms with Gasteiger partial charge < -0.3 is 9.53 Å². The van der Waals surface area contributed by atoms with Crippen LogP contribution in [0.5, 0.6) is 0 Å². The lowest BCUT2D eigenvalue weighted by Crippen LogP contribution is -2.46. The van der Waals surface area contributed by atoms with Crippen LogP contribution in [-0.4, -0.2) is 26.6 Å². The molecule has 0 rings (SSSR count). The largest absolute Gasteiger partial charge is 0.466 e. The predicted molar refractivity (Wildman–Crippen MR) is 77.2 cm³/mol.